The summed E-state index contributed by atoms with van der Waals surface area (Å²) >= 11 is 10.8. The van der Waals surface area contributed by atoms with Gasteiger partial charge in [0.15, 0.2) is 5.16 Å². The molecule has 2 heterocycles. The van der Waals surface area contributed by atoms with Gasteiger partial charge in [-0.3, -0.25) is 4.57 Å². The average Bonchev–Trinajstić information content (AvgIpc) is 2.95. The molecule has 0 aliphatic heterocycles. The lowest BCUT2D eigenvalue weighted by Crippen LogP contribution is -2.02. The molecule has 8 heteroatoms. The van der Waals surface area contributed by atoms with E-state index in [2.05, 4.69) is 35.9 Å². The molecule has 0 aliphatic rings. The van der Waals surface area contributed by atoms with Crippen molar-refractivity contribution >= 4 is 39.3 Å². The van der Waals surface area contributed by atoms with Crippen LogP contribution in [0.15, 0.2) is 57.5 Å². The Kier molecular flexibility index (Phi) is 4.00. The number of hydrogen-bond acceptors (Lipinski definition) is 5. The Hall–Kier alpha value is -1.44. The SMILES string of the molecule is Clc1nc(Sc2ccc(Br)cc2)nc(-n2ccnc2)n1. The maximum atomic E-state index is 5.94. The maximum absolute atomic E-state index is 5.94. The van der Waals surface area contributed by atoms with Gasteiger partial charge in [-0.15, -0.1) is 0 Å². The molecule has 0 radical (unpaired) electrons. The second-order valence-corrected chi connectivity index (χ2v) is 6.01. The molecule has 0 aliphatic carbocycles. The van der Waals surface area contributed by atoms with Crippen LogP contribution in [-0.2, 0) is 0 Å². The number of hydrogen-bond donors (Lipinski definition) is 0. The standard InChI is InChI=1S/C12H7BrClN5S/c13-8-1-3-9(4-2-8)20-12-17-10(14)16-11(18-12)19-6-5-15-7-19/h1-7H. The van der Waals surface area contributed by atoms with Crippen LogP contribution < -0.4 is 0 Å². The zero-order valence-electron chi connectivity index (χ0n) is 9.94. The van der Waals surface area contributed by atoms with Crippen LogP contribution in [0.3, 0.4) is 0 Å². The molecule has 0 fully saturated rings. The van der Waals surface area contributed by atoms with Gasteiger partial charge in [-0.1, -0.05) is 15.9 Å². The first kappa shape index (κ1) is 13.5. The lowest BCUT2D eigenvalue weighted by Gasteiger charge is -2.04. The molecule has 0 N–H and O–H groups in total. The van der Waals surface area contributed by atoms with Crippen molar-refractivity contribution in [1.82, 2.24) is 24.5 Å². The smallest absolute Gasteiger partial charge is 0.240 e. The molecular weight excluding hydrogens is 362 g/mol. The molecule has 0 saturated heterocycles. The molecule has 2 aromatic heterocycles. The molecular formula is C12H7BrClN5S. The molecule has 3 rings (SSSR count). The zero-order valence-corrected chi connectivity index (χ0v) is 13.1. The predicted octanol–water partition coefficient (Wildman–Crippen LogP) is 3.62. The lowest BCUT2D eigenvalue weighted by molar-refractivity contribution is 0.823. The van der Waals surface area contributed by atoms with Crippen molar-refractivity contribution in [2.45, 2.75) is 10.1 Å². The van der Waals surface area contributed by atoms with Crippen LogP contribution in [-0.4, -0.2) is 24.5 Å². The Balaban J connectivity index is 1.92. The van der Waals surface area contributed by atoms with Crippen LogP contribution in [0.5, 0.6) is 0 Å². The molecule has 3 aromatic rings. The third kappa shape index (κ3) is 3.17. The van der Waals surface area contributed by atoms with E-state index < -0.39 is 0 Å². The van der Waals surface area contributed by atoms with Gasteiger partial charge in [0, 0.05) is 21.8 Å². The first-order valence-corrected chi connectivity index (χ1v) is 7.53. The number of benzene rings is 1. The molecule has 0 unspecified atom stereocenters. The summed E-state index contributed by atoms with van der Waals surface area (Å²) in [7, 11) is 0. The first-order valence-electron chi connectivity index (χ1n) is 5.54. The van der Waals surface area contributed by atoms with Gasteiger partial charge >= 0.3 is 0 Å². The Morgan fingerprint density at radius 2 is 1.90 bits per heavy atom. The summed E-state index contributed by atoms with van der Waals surface area (Å²) in [6.45, 7) is 0. The van der Waals surface area contributed by atoms with E-state index >= 15 is 0 Å². The number of rotatable bonds is 3. The van der Waals surface area contributed by atoms with Crippen molar-refractivity contribution in [2.24, 2.45) is 0 Å². The van der Waals surface area contributed by atoms with Crippen molar-refractivity contribution in [1.29, 1.82) is 0 Å². The van der Waals surface area contributed by atoms with Crippen LogP contribution in [0.2, 0.25) is 5.28 Å². The van der Waals surface area contributed by atoms with Gasteiger partial charge < -0.3 is 0 Å². The normalized spacial score (nSPS) is 10.7. The van der Waals surface area contributed by atoms with E-state index in [9.17, 15) is 0 Å². The van der Waals surface area contributed by atoms with Crippen molar-refractivity contribution < 1.29 is 0 Å². The number of aromatic nitrogens is 5. The number of nitrogens with zero attached hydrogens (tertiary/aromatic N) is 5. The Labute approximate surface area is 132 Å². The molecule has 100 valence electrons. The van der Waals surface area contributed by atoms with E-state index in [4.69, 9.17) is 11.6 Å². The molecule has 20 heavy (non-hydrogen) atoms. The van der Waals surface area contributed by atoms with Crippen LogP contribution in [0.1, 0.15) is 0 Å². The van der Waals surface area contributed by atoms with E-state index in [0.29, 0.717) is 11.1 Å². The Morgan fingerprint density at radius 3 is 2.60 bits per heavy atom. The lowest BCUT2D eigenvalue weighted by atomic mass is 10.4. The topological polar surface area (TPSA) is 56.5 Å². The largest absolute Gasteiger partial charge is 0.274 e. The maximum Gasteiger partial charge on any atom is 0.240 e. The number of halogens is 2. The van der Waals surface area contributed by atoms with Crippen LogP contribution in [0, 0.1) is 0 Å². The number of imidazole rings is 1. The van der Waals surface area contributed by atoms with Crippen LogP contribution >= 0.6 is 39.3 Å². The van der Waals surface area contributed by atoms with Crippen molar-refractivity contribution in [3.63, 3.8) is 0 Å². The average molecular weight is 369 g/mol. The molecule has 0 bridgehead atoms. The summed E-state index contributed by atoms with van der Waals surface area (Å²) in [6, 6.07) is 7.87. The van der Waals surface area contributed by atoms with E-state index in [1.807, 2.05) is 24.3 Å². The van der Waals surface area contributed by atoms with Crippen molar-refractivity contribution in [3.8, 4) is 5.95 Å². The quantitative estimate of drug-likeness (QED) is 0.706. The van der Waals surface area contributed by atoms with E-state index in [0.717, 1.165) is 9.37 Å². The van der Waals surface area contributed by atoms with Gasteiger partial charge in [0.1, 0.15) is 6.33 Å². The molecule has 0 spiro atoms. The van der Waals surface area contributed by atoms with Gasteiger partial charge in [0.2, 0.25) is 11.2 Å². The Bertz CT molecular complexity index is 717. The monoisotopic (exact) mass is 367 g/mol. The zero-order chi connectivity index (χ0) is 13.9. The van der Waals surface area contributed by atoms with Crippen molar-refractivity contribution in [3.05, 3.63) is 52.7 Å². The minimum absolute atomic E-state index is 0.156. The molecule has 5 nitrogen and oxygen atoms in total. The summed E-state index contributed by atoms with van der Waals surface area (Å²) < 4.78 is 2.70. The fraction of sp³-hybridized carbons (Fsp3) is 0. The van der Waals surface area contributed by atoms with Gasteiger partial charge in [-0.2, -0.15) is 15.0 Å². The minimum atomic E-state index is 0.156. The summed E-state index contributed by atoms with van der Waals surface area (Å²) in [6.07, 6.45) is 5.01. The predicted molar refractivity (Wildman–Crippen MR) is 80.2 cm³/mol. The van der Waals surface area contributed by atoms with Gasteiger partial charge in [-0.05, 0) is 47.6 Å². The molecule has 0 amide bonds. The van der Waals surface area contributed by atoms with Gasteiger partial charge in [0.05, 0.1) is 0 Å². The van der Waals surface area contributed by atoms with E-state index in [1.54, 1.807) is 23.3 Å². The summed E-state index contributed by atoms with van der Waals surface area (Å²) in [5, 5.41) is 0.694. The third-order valence-electron chi connectivity index (χ3n) is 2.33. The van der Waals surface area contributed by atoms with Crippen LogP contribution in [0.4, 0.5) is 0 Å². The highest BCUT2D eigenvalue weighted by atomic mass is 79.9. The molecule has 0 saturated carbocycles. The van der Waals surface area contributed by atoms with Crippen molar-refractivity contribution in [2.75, 3.05) is 0 Å². The summed E-state index contributed by atoms with van der Waals surface area (Å²) in [5.41, 5.74) is 0. The summed E-state index contributed by atoms with van der Waals surface area (Å²) in [4.78, 5) is 17.5. The van der Waals surface area contributed by atoms with E-state index in [-0.39, 0.29) is 5.28 Å². The van der Waals surface area contributed by atoms with Crippen LogP contribution in [0.25, 0.3) is 5.95 Å². The van der Waals surface area contributed by atoms with Gasteiger partial charge in [-0.25, -0.2) is 4.98 Å². The first-order chi connectivity index (χ1) is 9.70. The third-order valence-corrected chi connectivity index (χ3v) is 3.90. The second-order valence-electron chi connectivity index (χ2n) is 3.71. The highest BCUT2D eigenvalue weighted by molar-refractivity contribution is 9.10. The van der Waals surface area contributed by atoms with Gasteiger partial charge in [0.25, 0.3) is 0 Å². The molecule has 0 atom stereocenters. The Morgan fingerprint density at radius 1 is 1.10 bits per heavy atom. The van der Waals surface area contributed by atoms with E-state index in [1.165, 1.54) is 11.8 Å². The fourth-order valence-electron chi connectivity index (χ4n) is 1.47. The second kappa shape index (κ2) is 5.90. The molecule has 1 aromatic carbocycles. The minimum Gasteiger partial charge on any atom is -0.274 e. The highest BCUT2D eigenvalue weighted by Crippen LogP contribution is 2.26. The summed E-state index contributed by atoms with van der Waals surface area (Å²) in [5.74, 6) is 0.446. The highest BCUT2D eigenvalue weighted by Gasteiger charge is 2.08. The fourth-order valence-corrected chi connectivity index (χ4v) is 2.68.